The first kappa shape index (κ1) is 21.9. The summed E-state index contributed by atoms with van der Waals surface area (Å²) in [5.41, 5.74) is 8.51. The van der Waals surface area contributed by atoms with Crippen LogP contribution in [-0.4, -0.2) is 27.9 Å². The fourth-order valence-electron chi connectivity index (χ4n) is 3.30. The third-order valence-corrected chi connectivity index (χ3v) is 4.83. The molecule has 3 N–H and O–H groups in total. The molecule has 0 saturated carbocycles. The number of carboxylic acids is 1. The van der Waals surface area contributed by atoms with Gasteiger partial charge in [-0.1, -0.05) is 0 Å². The van der Waals surface area contributed by atoms with Crippen molar-refractivity contribution in [3.63, 3.8) is 0 Å². The molecule has 1 atom stereocenters. The fourth-order valence-corrected chi connectivity index (χ4v) is 3.30. The van der Waals surface area contributed by atoms with E-state index in [4.69, 9.17) is 5.73 Å². The van der Waals surface area contributed by atoms with Gasteiger partial charge in [0.05, 0.1) is 11.6 Å². The van der Waals surface area contributed by atoms with Gasteiger partial charge in [0, 0.05) is 16.9 Å². The molecule has 0 radical (unpaired) electrons. The van der Waals surface area contributed by atoms with E-state index in [0.29, 0.717) is 33.8 Å². The van der Waals surface area contributed by atoms with Gasteiger partial charge in [0.2, 0.25) is 5.91 Å². The number of nitrogens with two attached hydrogens (primary N) is 1. The van der Waals surface area contributed by atoms with Crippen molar-refractivity contribution < 1.29 is 32.6 Å². The first-order valence-corrected chi connectivity index (χ1v) is 9.19. The number of halogens is 3. The molecule has 1 unspecified atom stereocenters. The Labute approximate surface area is 175 Å². The summed E-state index contributed by atoms with van der Waals surface area (Å²) < 4.78 is 42.9. The van der Waals surface area contributed by atoms with Crippen molar-refractivity contribution in [2.45, 2.75) is 26.1 Å². The lowest BCUT2D eigenvalue weighted by molar-refractivity contribution is -0.274. The van der Waals surface area contributed by atoms with Gasteiger partial charge in [-0.25, -0.2) is 0 Å². The molecule has 0 aliphatic heterocycles. The van der Waals surface area contributed by atoms with E-state index in [2.05, 4.69) is 4.74 Å². The standard InChI is InChI=1S/C22H19F3N2O4/c1-12-11-15(20(26)28)5-8-17(12)27-18(13(2)21(29)30)9-10-19(27)14-3-6-16(7-4-14)31-22(23,24)25/h3-11,13H,1-2H3,(H2,26,28)(H,29,30). The SMILES string of the molecule is Cc1cc(C(N)=O)ccc1-n1c(-c2ccc(OC(F)(F)F)cc2)ccc1C(C)C(=O)O. The number of hydrogen-bond donors (Lipinski definition) is 2. The zero-order valence-corrected chi connectivity index (χ0v) is 16.6. The maximum absolute atomic E-state index is 12.4. The quantitative estimate of drug-likeness (QED) is 0.593. The van der Waals surface area contributed by atoms with Crippen LogP contribution in [0.2, 0.25) is 0 Å². The molecule has 3 rings (SSSR count). The summed E-state index contributed by atoms with van der Waals surface area (Å²) in [4.78, 5) is 23.1. The van der Waals surface area contributed by atoms with E-state index in [9.17, 15) is 27.9 Å². The van der Waals surface area contributed by atoms with Crippen molar-refractivity contribution in [1.82, 2.24) is 4.57 Å². The number of hydrogen-bond acceptors (Lipinski definition) is 3. The van der Waals surface area contributed by atoms with E-state index in [1.807, 2.05) is 0 Å². The number of rotatable bonds is 6. The topological polar surface area (TPSA) is 94.5 Å². The minimum absolute atomic E-state index is 0.302. The van der Waals surface area contributed by atoms with Gasteiger partial charge in [-0.15, -0.1) is 13.2 Å². The number of aromatic nitrogens is 1. The smallest absolute Gasteiger partial charge is 0.481 e. The molecule has 0 aliphatic carbocycles. The van der Waals surface area contributed by atoms with Gasteiger partial charge in [0.25, 0.3) is 0 Å². The lowest BCUT2D eigenvalue weighted by Gasteiger charge is -2.19. The fraction of sp³-hybridized carbons (Fsp3) is 0.182. The molecule has 0 bridgehead atoms. The third-order valence-electron chi connectivity index (χ3n) is 4.83. The molecule has 1 heterocycles. The lowest BCUT2D eigenvalue weighted by Crippen LogP contribution is -2.17. The minimum Gasteiger partial charge on any atom is -0.481 e. The molecule has 0 fully saturated rings. The van der Waals surface area contributed by atoms with E-state index in [1.54, 1.807) is 35.8 Å². The van der Waals surface area contributed by atoms with Crippen LogP contribution in [0.1, 0.15) is 34.5 Å². The number of nitrogens with zero attached hydrogens (tertiary/aromatic N) is 1. The molecule has 1 aromatic heterocycles. The van der Waals surface area contributed by atoms with Gasteiger partial charge in [-0.2, -0.15) is 0 Å². The largest absolute Gasteiger partial charge is 0.573 e. The van der Waals surface area contributed by atoms with Crippen molar-refractivity contribution in [2.75, 3.05) is 0 Å². The Morgan fingerprint density at radius 1 is 1.06 bits per heavy atom. The molecule has 2 aromatic carbocycles. The van der Waals surface area contributed by atoms with Crippen LogP contribution in [0.5, 0.6) is 5.75 Å². The highest BCUT2D eigenvalue weighted by atomic mass is 19.4. The average molecular weight is 432 g/mol. The van der Waals surface area contributed by atoms with Gasteiger partial charge in [-0.3, -0.25) is 9.59 Å². The number of primary amides is 1. The zero-order chi connectivity index (χ0) is 22.9. The number of aryl methyl sites for hydroxylation is 1. The van der Waals surface area contributed by atoms with Gasteiger partial charge >= 0.3 is 12.3 Å². The van der Waals surface area contributed by atoms with E-state index < -0.39 is 24.2 Å². The van der Waals surface area contributed by atoms with Gasteiger partial charge in [-0.05, 0) is 79.6 Å². The van der Waals surface area contributed by atoms with Gasteiger partial charge < -0.3 is 20.1 Å². The highest BCUT2D eigenvalue weighted by molar-refractivity contribution is 5.93. The summed E-state index contributed by atoms with van der Waals surface area (Å²) >= 11 is 0. The number of carbonyl (C=O) groups is 2. The molecule has 9 heteroatoms. The summed E-state index contributed by atoms with van der Waals surface area (Å²) in [6.45, 7) is 3.28. The maximum atomic E-state index is 12.4. The van der Waals surface area contributed by atoms with Crippen molar-refractivity contribution in [1.29, 1.82) is 0 Å². The third kappa shape index (κ3) is 4.71. The predicted octanol–water partition coefficient (Wildman–Crippen LogP) is 4.64. The molecule has 3 aromatic rings. The number of benzene rings is 2. The van der Waals surface area contributed by atoms with Crippen LogP contribution >= 0.6 is 0 Å². The Hall–Kier alpha value is -3.75. The average Bonchev–Trinajstić information content (AvgIpc) is 3.11. The van der Waals surface area contributed by atoms with Gasteiger partial charge in [0.15, 0.2) is 0 Å². The first-order valence-electron chi connectivity index (χ1n) is 9.19. The molecule has 6 nitrogen and oxygen atoms in total. The van der Waals surface area contributed by atoms with Gasteiger partial charge in [0.1, 0.15) is 5.75 Å². The number of carboxylic acid groups (broad SMARTS) is 1. The highest BCUT2D eigenvalue weighted by Gasteiger charge is 2.31. The molecule has 0 aliphatic rings. The van der Waals surface area contributed by atoms with Crippen molar-refractivity contribution in [3.8, 4) is 22.7 Å². The number of aliphatic carboxylic acids is 1. The molecule has 1 amide bonds. The first-order chi connectivity index (χ1) is 14.5. The molecular formula is C22H19F3N2O4. The van der Waals surface area contributed by atoms with Crippen LogP contribution in [0.3, 0.4) is 0 Å². The molecule has 0 spiro atoms. The summed E-state index contributed by atoms with van der Waals surface area (Å²) in [7, 11) is 0. The summed E-state index contributed by atoms with van der Waals surface area (Å²) in [5.74, 6) is -2.86. The Balaban J connectivity index is 2.15. The second-order valence-corrected chi connectivity index (χ2v) is 6.98. The monoisotopic (exact) mass is 432 g/mol. The van der Waals surface area contributed by atoms with E-state index in [-0.39, 0.29) is 5.75 Å². The Kier molecular flexibility index (Phi) is 5.79. The molecule has 31 heavy (non-hydrogen) atoms. The van der Waals surface area contributed by atoms with Crippen LogP contribution < -0.4 is 10.5 Å². The van der Waals surface area contributed by atoms with Crippen molar-refractivity contribution in [2.24, 2.45) is 5.73 Å². The number of carbonyl (C=O) groups excluding carboxylic acids is 1. The van der Waals surface area contributed by atoms with Crippen molar-refractivity contribution >= 4 is 11.9 Å². The van der Waals surface area contributed by atoms with Crippen LogP contribution in [0.25, 0.3) is 16.9 Å². The molecule has 162 valence electrons. The maximum Gasteiger partial charge on any atom is 0.573 e. The molecular weight excluding hydrogens is 413 g/mol. The number of alkyl halides is 3. The van der Waals surface area contributed by atoms with Crippen LogP contribution in [0, 0.1) is 6.92 Å². The summed E-state index contributed by atoms with van der Waals surface area (Å²) in [6, 6.07) is 13.4. The van der Waals surface area contributed by atoms with E-state index in [0.717, 1.165) is 0 Å². The van der Waals surface area contributed by atoms with Crippen LogP contribution in [0.15, 0.2) is 54.6 Å². The molecule has 0 saturated heterocycles. The van der Waals surface area contributed by atoms with E-state index >= 15 is 0 Å². The summed E-state index contributed by atoms with van der Waals surface area (Å²) in [5, 5.41) is 9.52. The number of amides is 1. The highest BCUT2D eigenvalue weighted by Crippen LogP contribution is 2.33. The minimum atomic E-state index is -4.80. The Bertz CT molecular complexity index is 1130. The van der Waals surface area contributed by atoms with Crippen LogP contribution in [-0.2, 0) is 4.79 Å². The normalized spacial score (nSPS) is 12.4. The number of ether oxygens (including phenoxy) is 1. The van der Waals surface area contributed by atoms with Crippen molar-refractivity contribution in [3.05, 3.63) is 71.4 Å². The summed E-state index contributed by atoms with van der Waals surface area (Å²) in [6.07, 6.45) is -4.80. The Morgan fingerprint density at radius 3 is 2.23 bits per heavy atom. The second kappa shape index (κ2) is 8.17. The zero-order valence-electron chi connectivity index (χ0n) is 16.6. The Morgan fingerprint density at radius 2 is 1.71 bits per heavy atom. The van der Waals surface area contributed by atoms with E-state index in [1.165, 1.54) is 37.3 Å². The predicted molar refractivity (Wildman–Crippen MR) is 107 cm³/mol. The van der Waals surface area contributed by atoms with Crippen LogP contribution in [0.4, 0.5) is 13.2 Å². The second-order valence-electron chi connectivity index (χ2n) is 6.98. The lowest BCUT2D eigenvalue weighted by atomic mass is 10.1.